The maximum atomic E-state index is 11.5. The second kappa shape index (κ2) is 16.5. The third-order valence-corrected chi connectivity index (χ3v) is 2.69. The number of nitrogens with zero attached hydrogens (tertiary/aromatic N) is 2. The maximum Gasteiger partial charge on any atom is 0.243 e. The molecule has 1 amide bonds. The Labute approximate surface area is 151 Å². The van der Waals surface area contributed by atoms with Gasteiger partial charge >= 0.3 is 0 Å². The first-order valence-corrected chi connectivity index (χ1v) is 7.52. The Bertz CT molecular complexity index is 323. The minimum atomic E-state index is -0.0300. The average Bonchev–Trinajstić information content (AvgIpc) is 2.47. The van der Waals surface area contributed by atoms with Crippen molar-refractivity contribution in [1.82, 2.24) is 15.5 Å². The SMILES string of the molecule is C=CCNC(=NCC(=O)N(C)C)NCCCOCCCC.I. The fraction of sp³-hybridized carbons (Fsp3) is 0.733. The quantitative estimate of drug-likeness (QED) is 0.173. The van der Waals surface area contributed by atoms with Gasteiger partial charge in [0.05, 0.1) is 0 Å². The van der Waals surface area contributed by atoms with Crippen LogP contribution in [-0.4, -0.2) is 63.7 Å². The Balaban J connectivity index is 0. The molecule has 0 aromatic rings. The largest absolute Gasteiger partial charge is 0.381 e. The Hall–Kier alpha value is -0.830. The first kappa shape index (κ1) is 23.4. The number of carbonyl (C=O) groups is 1. The predicted octanol–water partition coefficient (Wildman–Crippen LogP) is 1.62. The zero-order valence-electron chi connectivity index (χ0n) is 14.1. The lowest BCUT2D eigenvalue weighted by Gasteiger charge is -2.12. The average molecular weight is 426 g/mol. The van der Waals surface area contributed by atoms with E-state index in [2.05, 4.69) is 29.1 Å². The highest BCUT2D eigenvalue weighted by molar-refractivity contribution is 14.0. The fourth-order valence-corrected chi connectivity index (χ4v) is 1.36. The number of ether oxygens (including phenoxy) is 1. The number of rotatable bonds is 11. The molecule has 0 fully saturated rings. The van der Waals surface area contributed by atoms with Crippen molar-refractivity contribution in [3.05, 3.63) is 12.7 Å². The summed E-state index contributed by atoms with van der Waals surface area (Å²) in [5.74, 6) is 0.594. The number of likely N-dealkylation sites (N-methyl/N-ethyl adjacent to an activating group) is 1. The van der Waals surface area contributed by atoms with Crippen LogP contribution in [0, 0.1) is 0 Å². The van der Waals surface area contributed by atoms with E-state index < -0.39 is 0 Å². The van der Waals surface area contributed by atoms with Crippen LogP contribution in [0.3, 0.4) is 0 Å². The van der Waals surface area contributed by atoms with Crippen molar-refractivity contribution in [2.24, 2.45) is 4.99 Å². The number of amides is 1. The van der Waals surface area contributed by atoms with E-state index in [1.807, 2.05) is 0 Å². The minimum absolute atomic E-state index is 0. The highest BCUT2D eigenvalue weighted by Crippen LogP contribution is 1.89. The Morgan fingerprint density at radius 2 is 1.95 bits per heavy atom. The lowest BCUT2D eigenvalue weighted by Crippen LogP contribution is -2.39. The minimum Gasteiger partial charge on any atom is -0.381 e. The number of guanidine groups is 1. The van der Waals surface area contributed by atoms with Gasteiger partial charge in [0.1, 0.15) is 6.54 Å². The van der Waals surface area contributed by atoms with Crippen LogP contribution in [0.25, 0.3) is 0 Å². The van der Waals surface area contributed by atoms with Gasteiger partial charge in [-0.15, -0.1) is 30.6 Å². The molecule has 0 aromatic carbocycles. The molecule has 0 aromatic heterocycles. The first-order valence-electron chi connectivity index (χ1n) is 7.52. The van der Waals surface area contributed by atoms with E-state index >= 15 is 0 Å². The molecule has 0 aliphatic heterocycles. The van der Waals surface area contributed by atoms with Crippen molar-refractivity contribution in [3.63, 3.8) is 0 Å². The molecular weight excluding hydrogens is 395 g/mol. The Kier molecular flexibility index (Phi) is 17.6. The summed E-state index contributed by atoms with van der Waals surface area (Å²) in [6.45, 7) is 8.85. The molecule has 2 N–H and O–H groups in total. The molecule has 0 atom stereocenters. The molecule has 0 saturated carbocycles. The van der Waals surface area contributed by atoms with Crippen molar-refractivity contribution < 1.29 is 9.53 Å². The summed E-state index contributed by atoms with van der Waals surface area (Å²) in [4.78, 5) is 17.3. The number of halogens is 1. The number of hydrogen-bond acceptors (Lipinski definition) is 3. The van der Waals surface area contributed by atoms with Gasteiger partial charge in [-0.1, -0.05) is 19.4 Å². The van der Waals surface area contributed by atoms with E-state index in [9.17, 15) is 4.79 Å². The van der Waals surface area contributed by atoms with Gasteiger partial charge < -0.3 is 20.3 Å². The van der Waals surface area contributed by atoms with Crippen LogP contribution in [0.1, 0.15) is 26.2 Å². The molecule has 6 nitrogen and oxygen atoms in total. The summed E-state index contributed by atoms with van der Waals surface area (Å²) in [6, 6.07) is 0. The molecule has 0 radical (unpaired) electrons. The van der Waals surface area contributed by atoms with E-state index in [0.717, 1.165) is 39.0 Å². The van der Waals surface area contributed by atoms with Crippen molar-refractivity contribution in [1.29, 1.82) is 0 Å². The molecule has 0 saturated heterocycles. The van der Waals surface area contributed by atoms with E-state index in [1.54, 1.807) is 20.2 Å². The molecule has 7 heteroatoms. The highest BCUT2D eigenvalue weighted by Gasteiger charge is 2.03. The topological polar surface area (TPSA) is 66.0 Å². The maximum absolute atomic E-state index is 11.5. The van der Waals surface area contributed by atoms with Gasteiger partial charge in [-0.2, -0.15) is 0 Å². The summed E-state index contributed by atoms with van der Waals surface area (Å²) in [5, 5.41) is 6.26. The lowest BCUT2D eigenvalue weighted by atomic mass is 10.4. The van der Waals surface area contributed by atoms with Crippen LogP contribution in [0.15, 0.2) is 17.6 Å². The summed E-state index contributed by atoms with van der Waals surface area (Å²) in [5.41, 5.74) is 0. The van der Waals surface area contributed by atoms with E-state index in [-0.39, 0.29) is 36.4 Å². The molecule has 0 spiro atoms. The number of aliphatic imine (C=N–C) groups is 1. The van der Waals surface area contributed by atoms with Crippen molar-refractivity contribution in [3.8, 4) is 0 Å². The number of unbranched alkanes of at least 4 members (excludes halogenated alkanes) is 1. The Morgan fingerprint density at radius 3 is 2.55 bits per heavy atom. The molecule has 0 aliphatic carbocycles. The Morgan fingerprint density at radius 1 is 1.27 bits per heavy atom. The van der Waals surface area contributed by atoms with Crippen molar-refractivity contribution in [2.75, 3.05) is 46.9 Å². The van der Waals surface area contributed by atoms with Gasteiger partial charge in [0.2, 0.25) is 5.91 Å². The number of nitrogens with one attached hydrogen (secondary N) is 2. The molecule has 0 heterocycles. The van der Waals surface area contributed by atoms with Gasteiger partial charge in [0.25, 0.3) is 0 Å². The molecule has 0 bridgehead atoms. The zero-order valence-corrected chi connectivity index (χ0v) is 16.4. The second-order valence-corrected chi connectivity index (χ2v) is 4.87. The van der Waals surface area contributed by atoms with Gasteiger partial charge in [0, 0.05) is 40.4 Å². The lowest BCUT2D eigenvalue weighted by molar-refractivity contribution is -0.127. The molecule has 0 unspecified atom stereocenters. The predicted molar refractivity (Wildman–Crippen MR) is 103 cm³/mol. The van der Waals surface area contributed by atoms with Crippen LogP contribution in [0.4, 0.5) is 0 Å². The molecule has 0 aliphatic rings. The second-order valence-electron chi connectivity index (χ2n) is 4.87. The standard InChI is InChI=1S/C15H30N4O2.HI/c1-5-7-11-21-12-8-10-17-15(16-9-6-2)18-13-14(20)19(3)4;/h6H,2,5,7-13H2,1,3-4H3,(H2,16,17,18);1H. The first-order chi connectivity index (χ1) is 10.1. The van der Waals surface area contributed by atoms with Crippen LogP contribution >= 0.6 is 24.0 Å². The number of carbonyl (C=O) groups excluding carboxylic acids is 1. The summed E-state index contributed by atoms with van der Waals surface area (Å²) in [6.07, 6.45) is 4.91. The van der Waals surface area contributed by atoms with Crippen LogP contribution in [0.5, 0.6) is 0 Å². The summed E-state index contributed by atoms with van der Waals surface area (Å²) < 4.78 is 5.49. The van der Waals surface area contributed by atoms with Crippen LogP contribution < -0.4 is 10.6 Å². The molecule has 0 rings (SSSR count). The van der Waals surface area contributed by atoms with E-state index in [0.29, 0.717) is 12.5 Å². The number of hydrogen-bond donors (Lipinski definition) is 2. The molecule has 130 valence electrons. The molecular formula is C15H31IN4O2. The third kappa shape index (κ3) is 14.1. The van der Waals surface area contributed by atoms with Crippen LogP contribution in [0.2, 0.25) is 0 Å². The van der Waals surface area contributed by atoms with Gasteiger partial charge in [-0.3, -0.25) is 4.79 Å². The third-order valence-electron chi connectivity index (χ3n) is 2.69. The summed E-state index contributed by atoms with van der Waals surface area (Å²) >= 11 is 0. The monoisotopic (exact) mass is 426 g/mol. The zero-order chi connectivity index (χ0) is 15.9. The summed E-state index contributed by atoms with van der Waals surface area (Å²) in [7, 11) is 3.44. The smallest absolute Gasteiger partial charge is 0.243 e. The van der Waals surface area contributed by atoms with E-state index in [4.69, 9.17) is 4.74 Å². The van der Waals surface area contributed by atoms with Crippen LogP contribution in [-0.2, 0) is 9.53 Å². The fourth-order valence-electron chi connectivity index (χ4n) is 1.36. The van der Waals surface area contributed by atoms with Crippen molar-refractivity contribution >= 4 is 35.8 Å². The molecule has 22 heavy (non-hydrogen) atoms. The van der Waals surface area contributed by atoms with Gasteiger partial charge in [-0.25, -0.2) is 4.99 Å². The van der Waals surface area contributed by atoms with Crippen molar-refractivity contribution in [2.45, 2.75) is 26.2 Å². The van der Waals surface area contributed by atoms with Gasteiger partial charge in [-0.05, 0) is 12.8 Å². The highest BCUT2D eigenvalue weighted by atomic mass is 127. The van der Waals surface area contributed by atoms with Gasteiger partial charge in [0.15, 0.2) is 5.96 Å². The normalized spacial score (nSPS) is 10.6. The van der Waals surface area contributed by atoms with E-state index in [1.165, 1.54) is 4.90 Å².